The number of fused-ring (bicyclic) bond motifs is 3. The fourth-order valence-corrected chi connectivity index (χ4v) is 7.83. The minimum Gasteiger partial charge on any atom is -0.507 e. The molecule has 6 rings (SSSR count). The number of primary amides is 1. The van der Waals surface area contributed by atoms with Crippen LogP contribution in [0.1, 0.15) is 40.7 Å². The minimum absolute atomic E-state index is 0.0364. The Kier molecular flexibility index (Phi) is 7.90. The Morgan fingerprint density at radius 2 is 1.83 bits per heavy atom. The van der Waals surface area contributed by atoms with Crippen LogP contribution in [0.2, 0.25) is 0 Å². The van der Waals surface area contributed by atoms with Crippen LogP contribution in [0.25, 0.3) is 11.1 Å². The van der Waals surface area contributed by atoms with Gasteiger partial charge >= 0.3 is 0 Å². The number of carbonyl (C=O) groups excluding carboxylic acids is 6. The highest BCUT2D eigenvalue weighted by Crippen LogP contribution is 2.52. The number of phenolic OH excluding ortho intramolecular Hbond substituents is 1. The first-order valence-corrected chi connectivity index (χ1v) is 15.1. The molecule has 0 radical (unpaired) electrons. The zero-order chi connectivity index (χ0) is 33.2. The predicted molar refractivity (Wildman–Crippen MR) is 158 cm³/mol. The number of aromatic hydroxyl groups is 1. The molecule has 46 heavy (non-hydrogen) atoms. The van der Waals surface area contributed by atoms with Crippen molar-refractivity contribution < 1.29 is 48.1 Å². The van der Waals surface area contributed by atoms with Crippen molar-refractivity contribution in [2.24, 2.45) is 29.4 Å². The van der Waals surface area contributed by atoms with E-state index in [0.29, 0.717) is 29.7 Å². The number of nitrogens with one attached hydrogen (secondary N) is 1. The van der Waals surface area contributed by atoms with E-state index in [1.54, 1.807) is 6.07 Å². The number of nitrogens with zero attached hydrogens (tertiary/aromatic N) is 1. The van der Waals surface area contributed by atoms with E-state index in [0.717, 1.165) is 6.42 Å². The monoisotopic (exact) mass is 635 g/mol. The molecular weight excluding hydrogens is 601 g/mol. The number of phenols is 1. The molecule has 13 heteroatoms. The first-order valence-electron chi connectivity index (χ1n) is 15.1. The summed E-state index contributed by atoms with van der Waals surface area (Å²) in [6.45, 7) is 0.250. The van der Waals surface area contributed by atoms with Gasteiger partial charge in [0.1, 0.15) is 17.7 Å². The number of carbonyl (C=O) groups is 6. The van der Waals surface area contributed by atoms with Gasteiger partial charge in [0.25, 0.3) is 0 Å². The fraction of sp³-hybridized carbons (Fsp3) is 0.455. The Labute approximate surface area is 263 Å². The summed E-state index contributed by atoms with van der Waals surface area (Å²) in [7, 11) is 3.02. The summed E-state index contributed by atoms with van der Waals surface area (Å²) in [5.41, 5.74) is 3.81. The van der Waals surface area contributed by atoms with Crippen LogP contribution >= 0.6 is 0 Å². The van der Waals surface area contributed by atoms with Gasteiger partial charge in [0.2, 0.25) is 11.8 Å². The molecule has 2 saturated carbocycles. The van der Waals surface area contributed by atoms with E-state index in [2.05, 4.69) is 5.32 Å². The summed E-state index contributed by atoms with van der Waals surface area (Å²) in [6.07, 6.45) is 0.539. The average Bonchev–Trinajstić information content (AvgIpc) is 3.54. The molecule has 242 valence electrons. The summed E-state index contributed by atoms with van der Waals surface area (Å²) < 4.78 is 19.3. The summed E-state index contributed by atoms with van der Waals surface area (Å²) in [5, 5.41) is 26.0. The van der Waals surface area contributed by atoms with E-state index in [1.165, 1.54) is 43.3 Å². The molecule has 1 aliphatic heterocycles. The maximum atomic E-state index is 14.3. The van der Waals surface area contributed by atoms with Crippen molar-refractivity contribution in [3.63, 3.8) is 0 Å². The highest BCUT2D eigenvalue weighted by atomic mass is 19.1. The van der Waals surface area contributed by atoms with E-state index in [-0.39, 0.29) is 30.5 Å². The lowest BCUT2D eigenvalue weighted by Gasteiger charge is -2.52. The lowest BCUT2D eigenvalue weighted by Crippen LogP contribution is -2.74. The zero-order valence-electron chi connectivity index (χ0n) is 25.2. The Morgan fingerprint density at radius 3 is 2.43 bits per heavy atom. The number of nitrogens with two attached hydrogens (primary N) is 1. The maximum absolute atomic E-state index is 14.3. The lowest BCUT2D eigenvalue weighted by molar-refractivity contribution is -0.181. The first-order chi connectivity index (χ1) is 21.8. The fourth-order valence-electron chi connectivity index (χ4n) is 7.83. The van der Waals surface area contributed by atoms with Gasteiger partial charge in [0, 0.05) is 24.6 Å². The second kappa shape index (κ2) is 11.5. The van der Waals surface area contributed by atoms with E-state index >= 15 is 0 Å². The Balaban J connectivity index is 1.46. The van der Waals surface area contributed by atoms with Crippen LogP contribution in [0.5, 0.6) is 5.75 Å². The van der Waals surface area contributed by atoms with E-state index in [1.807, 2.05) is 0 Å². The molecule has 0 bridgehead atoms. The van der Waals surface area contributed by atoms with Gasteiger partial charge < -0.3 is 26.0 Å². The van der Waals surface area contributed by atoms with Gasteiger partial charge in [-0.15, -0.1) is 0 Å². The van der Waals surface area contributed by atoms with Crippen molar-refractivity contribution in [2.45, 2.75) is 50.0 Å². The number of Topliss-reactive ketones (excluding diaryl/α,β-unsaturated/α-hetero) is 4. The molecule has 2 aromatic carbocycles. The van der Waals surface area contributed by atoms with Crippen molar-refractivity contribution in [2.75, 3.05) is 20.7 Å². The van der Waals surface area contributed by atoms with Crippen LogP contribution in [0.3, 0.4) is 0 Å². The molecule has 3 aliphatic carbocycles. The smallest absolute Gasteiger partial charge is 0.249 e. The van der Waals surface area contributed by atoms with Gasteiger partial charge in [-0.05, 0) is 80.6 Å². The Morgan fingerprint density at radius 1 is 1.13 bits per heavy atom. The minimum atomic E-state index is -2.85. The van der Waals surface area contributed by atoms with Gasteiger partial charge in [-0.1, -0.05) is 12.1 Å². The zero-order valence-corrected chi connectivity index (χ0v) is 25.2. The van der Waals surface area contributed by atoms with Crippen molar-refractivity contribution in [1.82, 2.24) is 10.2 Å². The third kappa shape index (κ3) is 4.76. The van der Waals surface area contributed by atoms with E-state index < -0.39 is 87.9 Å². The molecule has 1 heterocycles. The molecule has 2 aromatic rings. The molecule has 0 aromatic heterocycles. The molecule has 5 N–H and O–H groups in total. The number of hydrogen-bond donors (Lipinski definition) is 4. The van der Waals surface area contributed by atoms with Crippen LogP contribution in [0, 0.1) is 29.5 Å². The average molecular weight is 636 g/mol. The van der Waals surface area contributed by atoms with E-state index in [9.17, 15) is 43.4 Å². The largest absolute Gasteiger partial charge is 0.507 e. The Bertz CT molecular complexity index is 1680. The van der Waals surface area contributed by atoms with Gasteiger partial charge in [-0.3, -0.25) is 33.7 Å². The SMILES string of the molecule is CN(C)[C@@H]1C(=O)C(C(N)=O)C(=O)[C@@]2(O)C(=O)C3C(=O)c4c(O)c(CNC(=O)C5CCCO5)cc(-c5ccc(F)cc5)c4C[C@H]3C[C@@H]12. The van der Waals surface area contributed by atoms with Gasteiger partial charge in [-0.2, -0.15) is 0 Å². The van der Waals surface area contributed by atoms with E-state index in [4.69, 9.17) is 10.5 Å². The number of ether oxygens (including phenoxy) is 1. The molecule has 2 amide bonds. The summed E-state index contributed by atoms with van der Waals surface area (Å²) in [4.78, 5) is 81.7. The topological polar surface area (TPSA) is 193 Å². The van der Waals surface area contributed by atoms with Crippen LogP contribution in [0.4, 0.5) is 4.39 Å². The van der Waals surface area contributed by atoms with Crippen molar-refractivity contribution >= 4 is 34.9 Å². The van der Waals surface area contributed by atoms with Crippen molar-refractivity contribution in [3.05, 3.63) is 52.8 Å². The maximum Gasteiger partial charge on any atom is 0.249 e. The van der Waals surface area contributed by atoms with Crippen LogP contribution in [-0.2, 0) is 41.7 Å². The molecule has 4 aliphatic rings. The predicted octanol–water partition coefficient (Wildman–Crippen LogP) is 0.468. The number of aliphatic hydroxyl groups is 1. The number of amides is 2. The van der Waals surface area contributed by atoms with Crippen LogP contribution in [0.15, 0.2) is 30.3 Å². The number of halogens is 1. The molecule has 3 unspecified atom stereocenters. The number of hydrogen-bond acceptors (Lipinski definition) is 10. The number of ketones is 4. The summed E-state index contributed by atoms with van der Waals surface area (Å²) >= 11 is 0. The standard InChI is InChI=1S/C33H34FN3O9/c1-37(2)25-20-12-15-10-19-18(14-5-7-17(34)8-6-14)11-16(13-36-32(44)21-4-3-9-46-21)26(38)23(19)27(39)22(15)29(41)33(20,45)30(42)24(28(25)40)31(35)43/h5-8,11,15,20-22,24-25,38,45H,3-4,9-10,12-13H2,1-2H3,(H2,35,43)(H,36,44)/t15-,20-,21?,22?,24?,25-,33-/m0/s1. The molecule has 12 nitrogen and oxygen atoms in total. The number of benzene rings is 2. The summed E-state index contributed by atoms with van der Waals surface area (Å²) in [5.74, 6) is -12.6. The molecule has 3 fully saturated rings. The lowest BCUT2D eigenvalue weighted by atomic mass is 9.52. The first kappa shape index (κ1) is 31.6. The van der Waals surface area contributed by atoms with Gasteiger partial charge in [0.05, 0.1) is 17.5 Å². The second-order valence-corrected chi connectivity index (χ2v) is 12.8. The normalized spacial score (nSPS) is 30.5. The molecule has 1 saturated heterocycles. The third-order valence-corrected chi connectivity index (χ3v) is 9.97. The summed E-state index contributed by atoms with van der Waals surface area (Å²) in [6, 6.07) is 5.86. The van der Waals surface area contributed by atoms with Gasteiger partial charge in [-0.25, -0.2) is 4.39 Å². The molecular formula is C33H34FN3O9. The second-order valence-electron chi connectivity index (χ2n) is 12.8. The van der Waals surface area contributed by atoms with Gasteiger partial charge in [0.15, 0.2) is 34.7 Å². The number of likely N-dealkylation sites (N-methyl/N-ethyl adjacent to an activating group) is 1. The third-order valence-electron chi connectivity index (χ3n) is 9.97. The highest BCUT2D eigenvalue weighted by Gasteiger charge is 2.69. The van der Waals surface area contributed by atoms with Crippen LogP contribution < -0.4 is 11.1 Å². The quantitative estimate of drug-likeness (QED) is 0.324. The van der Waals surface area contributed by atoms with Crippen LogP contribution in [-0.4, -0.2) is 88.5 Å². The van der Waals surface area contributed by atoms with Crippen molar-refractivity contribution in [3.8, 4) is 16.9 Å². The molecule has 0 spiro atoms. The van der Waals surface area contributed by atoms with Crippen molar-refractivity contribution in [1.29, 1.82) is 0 Å². The Hall–Kier alpha value is -4.33. The highest BCUT2D eigenvalue weighted by molar-refractivity contribution is 6.32. The number of rotatable bonds is 6. The molecule has 7 atom stereocenters.